The predicted molar refractivity (Wildman–Crippen MR) is 116 cm³/mol. The third-order valence-corrected chi connectivity index (χ3v) is 6.17. The van der Waals surface area contributed by atoms with Gasteiger partial charge in [-0.25, -0.2) is 0 Å². The van der Waals surface area contributed by atoms with Crippen molar-refractivity contribution in [1.29, 1.82) is 0 Å². The Kier molecular flexibility index (Phi) is 5.84. The van der Waals surface area contributed by atoms with Crippen LogP contribution in [0.25, 0.3) is 0 Å². The molecule has 0 spiro atoms. The number of benzene rings is 2. The van der Waals surface area contributed by atoms with E-state index < -0.39 is 0 Å². The van der Waals surface area contributed by atoms with Gasteiger partial charge in [0.15, 0.2) is 0 Å². The second-order valence-corrected chi connectivity index (χ2v) is 8.04. The monoisotopic (exact) mass is 377 g/mol. The molecule has 4 nitrogen and oxygen atoms in total. The summed E-state index contributed by atoms with van der Waals surface area (Å²) in [6.07, 6.45) is 4.49. The molecule has 2 heterocycles. The molecule has 4 rings (SSSR count). The lowest BCUT2D eigenvalue weighted by Crippen LogP contribution is -2.49. The molecule has 1 amide bonds. The molecule has 148 valence electrons. The Morgan fingerprint density at radius 3 is 1.93 bits per heavy atom. The van der Waals surface area contributed by atoms with Crippen molar-refractivity contribution in [2.45, 2.75) is 32.6 Å². The Labute approximate surface area is 168 Å². The van der Waals surface area contributed by atoms with Gasteiger partial charge in [-0.3, -0.25) is 4.79 Å². The number of amides is 1. The summed E-state index contributed by atoms with van der Waals surface area (Å²) in [6, 6.07) is 17.2. The first-order valence-corrected chi connectivity index (χ1v) is 10.6. The van der Waals surface area contributed by atoms with E-state index in [1.807, 2.05) is 17.0 Å². The maximum atomic E-state index is 12.7. The van der Waals surface area contributed by atoms with E-state index in [1.54, 1.807) is 0 Å². The van der Waals surface area contributed by atoms with E-state index in [0.29, 0.717) is 6.42 Å². The first-order chi connectivity index (χ1) is 13.7. The molecule has 0 N–H and O–H groups in total. The van der Waals surface area contributed by atoms with Gasteiger partial charge in [-0.15, -0.1) is 0 Å². The van der Waals surface area contributed by atoms with Gasteiger partial charge >= 0.3 is 0 Å². The summed E-state index contributed by atoms with van der Waals surface area (Å²) < 4.78 is 0. The summed E-state index contributed by atoms with van der Waals surface area (Å²) in [5, 5.41) is 0. The van der Waals surface area contributed by atoms with Crippen LogP contribution in [0.5, 0.6) is 0 Å². The molecule has 2 aliphatic heterocycles. The third kappa shape index (κ3) is 4.32. The Morgan fingerprint density at radius 2 is 1.32 bits per heavy atom. The molecule has 2 aliphatic rings. The number of hydrogen-bond donors (Lipinski definition) is 0. The number of carbonyl (C=O) groups is 1. The van der Waals surface area contributed by atoms with Crippen molar-refractivity contribution in [2.75, 3.05) is 49.1 Å². The van der Waals surface area contributed by atoms with E-state index in [1.165, 1.54) is 49.3 Å². The van der Waals surface area contributed by atoms with E-state index in [2.05, 4.69) is 53.1 Å². The molecule has 0 bridgehead atoms. The average molecular weight is 378 g/mol. The lowest BCUT2D eigenvalue weighted by Gasteiger charge is -2.36. The van der Waals surface area contributed by atoms with Crippen LogP contribution in [0.15, 0.2) is 48.5 Å². The van der Waals surface area contributed by atoms with Crippen molar-refractivity contribution < 1.29 is 4.79 Å². The highest BCUT2D eigenvalue weighted by molar-refractivity contribution is 5.79. The summed E-state index contributed by atoms with van der Waals surface area (Å²) in [6.45, 7) is 7.86. The summed E-state index contributed by atoms with van der Waals surface area (Å²) >= 11 is 0. The predicted octanol–water partition coefficient (Wildman–Crippen LogP) is 3.88. The van der Waals surface area contributed by atoms with Gasteiger partial charge in [0.25, 0.3) is 0 Å². The number of aryl methyl sites for hydroxylation is 1. The fraction of sp³-hybridized carbons (Fsp3) is 0.458. The Bertz CT molecular complexity index is 788. The highest BCUT2D eigenvalue weighted by Crippen LogP contribution is 2.24. The lowest BCUT2D eigenvalue weighted by atomic mass is 10.1. The maximum Gasteiger partial charge on any atom is 0.227 e. The van der Waals surface area contributed by atoms with Gasteiger partial charge in [0.05, 0.1) is 6.42 Å². The van der Waals surface area contributed by atoms with E-state index in [9.17, 15) is 4.79 Å². The molecule has 28 heavy (non-hydrogen) atoms. The zero-order valence-corrected chi connectivity index (χ0v) is 16.9. The van der Waals surface area contributed by atoms with Crippen molar-refractivity contribution >= 4 is 17.3 Å². The number of anilines is 2. The molecular weight excluding hydrogens is 346 g/mol. The zero-order chi connectivity index (χ0) is 19.3. The number of hydrogen-bond acceptors (Lipinski definition) is 3. The molecule has 4 heteroatoms. The zero-order valence-electron chi connectivity index (χ0n) is 16.9. The van der Waals surface area contributed by atoms with Crippen LogP contribution in [0.3, 0.4) is 0 Å². The summed E-state index contributed by atoms with van der Waals surface area (Å²) in [4.78, 5) is 19.6. The number of piperidine rings is 1. The summed E-state index contributed by atoms with van der Waals surface area (Å²) in [5.41, 5.74) is 4.95. The van der Waals surface area contributed by atoms with E-state index in [4.69, 9.17) is 0 Å². The van der Waals surface area contributed by atoms with Crippen LogP contribution in [0.2, 0.25) is 0 Å². The van der Waals surface area contributed by atoms with Gasteiger partial charge in [-0.2, -0.15) is 0 Å². The van der Waals surface area contributed by atoms with Gasteiger partial charge in [0.2, 0.25) is 5.91 Å². The highest BCUT2D eigenvalue weighted by atomic mass is 16.2. The van der Waals surface area contributed by atoms with Crippen LogP contribution in [0.4, 0.5) is 11.4 Å². The van der Waals surface area contributed by atoms with Crippen LogP contribution in [-0.2, 0) is 11.2 Å². The van der Waals surface area contributed by atoms with Crippen molar-refractivity contribution in [3.8, 4) is 0 Å². The topological polar surface area (TPSA) is 26.8 Å². The minimum Gasteiger partial charge on any atom is -0.372 e. The fourth-order valence-corrected chi connectivity index (χ4v) is 4.32. The van der Waals surface area contributed by atoms with E-state index in [0.717, 1.165) is 31.7 Å². The Morgan fingerprint density at radius 1 is 0.750 bits per heavy atom. The molecule has 0 saturated carbocycles. The van der Waals surface area contributed by atoms with Crippen LogP contribution in [0, 0.1) is 6.92 Å². The maximum absolute atomic E-state index is 12.7. The largest absolute Gasteiger partial charge is 0.372 e. The summed E-state index contributed by atoms with van der Waals surface area (Å²) in [5.74, 6) is 0.245. The molecule has 0 unspecified atom stereocenters. The first kappa shape index (κ1) is 18.9. The third-order valence-electron chi connectivity index (χ3n) is 6.17. The molecule has 0 aromatic heterocycles. The second-order valence-electron chi connectivity index (χ2n) is 8.04. The van der Waals surface area contributed by atoms with Gasteiger partial charge in [-0.05, 0) is 61.6 Å². The number of nitrogens with zero attached hydrogens (tertiary/aromatic N) is 3. The number of carbonyl (C=O) groups excluding carboxylic acids is 1. The quantitative estimate of drug-likeness (QED) is 0.809. The SMILES string of the molecule is Cc1ccccc1CC(=O)N1CCN(c2ccc(N3CCCCC3)cc2)CC1. The van der Waals surface area contributed by atoms with Crippen LogP contribution < -0.4 is 9.80 Å². The highest BCUT2D eigenvalue weighted by Gasteiger charge is 2.22. The molecule has 2 fully saturated rings. The van der Waals surface area contributed by atoms with Gasteiger partial charge < -0.3 is 14.7 Å². The molecule has 2 saturated heterocycles. The average Bonchev–Trinajstić information content (AvgIpc) is 2.76. The molecule has 0 aliphatic carbocycles. The van der Waals surface area contributed by atoms with E-state index >= 15 is 0 Å². The standard InChI is InChI=1S/C24H31N3O/c1-20-7-3-4-8-21(20)19-24(28)27-17-15-26(16-18-27)23-11-9-22(10-12-23)25-13-5-2-6-14-25/h3-4,7-12H,2,5-6,13-19H2,1H3. The van der Waals surface area contributed by atoms with Gasteiger partial charge in [-0.1, -0.05) is 24.3 Å². The minimum atomic E-state index is 0.245. The second kappa shape index (κ2) is 8.68. The van der Waals surface area contributed by atoms with Crippen LogP contribution in [-0.4, -0.2) is 50.1 Å². The molecule has 2 aromatic rings. The number of piperazine rings is 1. The first-order valence-electron chi connectivity index (χ1n) is 10.6. The normalized spacial score (nSPS) is 17.7. The van der Waals surface area contributed by atoms with Gasteiger partial charge in [0, 0.05) is 50.6 Å². The molecule has 2 aromatic carbocycles. The molecule has 0 atom stereocenters. The minimum absolute atomic E-state index is 0.245. The van der Waals surface area contributed by atoms with Crippen LogP contribution in [0.1, 0.15) is 30.4 Å². The Balaban J connectivity index is 1.31. The summed E-state index contributed by atoms with van der Waals surface area (Å²) in [7, 11) is 0. The van der Waals surface area contributed by atoms with Crippen molar-refractivity contribution in [3.63, 3.8) is 0 Å². The molecular formula is C24H31N3O. The number of rotatable bonds is 4. The van der Waals surface area contributed by atoms with Crippen molar-refractivity contribution in [1.82, 2.24) is 4.90 Å². The van der Waals surface area contributed by atoms with Gasteiger partial charge in [0.1, 0.15) is 0 Å². The smallest absolute Gasteiger partial charge is 0.227 e. The lowest BCUT2D eigenvalue weighted by molar-refractivity contribution is -0.130. The van der Waals surface area contributed by atoms with Crippen molar-refractivity contribution in [3.05, 3.63) is 59.7 Å². The van der Waals surface area contributed by atoms with Crippen molar-refractivity contribution in [2.24, 2.45) is 0 Å². The fourth-order valence-electron chi connectivity index (χ4n) is 4.32. The molecule has 0 radical (unpaired) electrons. The van der Waals surface area contributed by atoms with Crippen LogP contribution >= 0.6 is 0 Å². The Hall–Kier alpha value is -2.49. The van der Waals surface area contributed by atoms with E-state index in [-0.39, 0.29) is 5.91 Å².